The minimum Gasteiger partial charge on any atom is -0.379 e. The fourth-order valence-corrected chi connectivity index (χ4v) is 3.94. The summed E-state index contributed by atoms with van der Waals surface area (Å²) >= 11 is 0. The zero-order valence-electron chi connectivity index (χ0n) is 12.4. The third-order valence-corrected chi connectivity index (χ3v) is 5.00. The number of nitrogens with zero attached hydrogens (tertiary/aromatic N) is 4. The van der Waals surface area contributed by atoms with Crippen molar-refractivity contribution in [3.8, 4) is 0 Å². The molecule has 0 bridgehead atoms. The average molecular weight is 286 g/mol. The lowest BCUT2D eigenvalue weighted by atomic mass is 9.87. The zero-order chi connectivity index (χ0) is 14.1. The van der Waals surface area contributed by atoms with Crippen molar-refractivity contribution in [1.82, 2.24) is 19.9 Å². The number of aromatic nitrogens is 3. The first-order chi connectivity index (χ1) is 10.4. The Hall–Kier alpha value is -1.46. The maximum absolute atomic E-state index is 5.55. The monoisotopic (exact) mass is 286 g/mol. The van der Waals surface area contributed by atoms with Gasteiger partial charge < -0.3 is 4.74 Å². The Bertz CT molecular complexity index is 612. The summed E-state index contributed by atoms with van der Waals surface area (Å²) in [7, 11) is 0. The van der Waals surface area contributed by atoms with Crippen LogP contribution in [-0.4, -0.2) is 46.2 Å². The van der Waals surface area contributed by atoms with Crippen molar-refractivity contribution in [3.05, 3.63) is 24.3 Å². The Morgan fingerprint density at radius 2 is 1.76 bits per heavy atom. The maximum atomic E-state index is 5.55. The molecule has 1 saturated heterocycles. The molecule has 2 heterocycles. The summed E-state index contributed by atoms with van der Waals surface area (Å²) in [5.41, 5.74) is 2.15. The van der Waals surface area contributed by atoms with Gasteiger partial charge in [0.05, 0.1) is 18.7 Å². The molecule has 5 nitrogen and oxygen atoms in total. The lowest BCUT2D eigenvalue weighted by Gasteiger charge is -2.47. The van der Waals surface area contributed by atoms with Gasteiger partial charge in [0, 0.05) is 13.1 Å². The predicted octanol–water partition coefficient (Wildman–Crippen LogP) is 2.38. The fraction of sp³-hybridized carbons (Fsp3) is 0.625. The SMILES string of the molecule is c1ccc2c(c1)nnn2C1(N2CCOCC2)CCCCC1. The molecule has 0 unspecified atom stereocenters. The molecule has 0 radical (unpaired) electrons. The molecule has 1 saturated carbocycles. The minimum absolute atomic E-state index is 0.00185. The number of ether oxygens (including phenoxy) is 1. The molecule has 1 aromatic carbocycles. The van der Waals surface area contributed by atoms with Crippen LogP contribution in [0.3, 0.4) is 0 Å². The zero-order valence-corrected chi connectivity index (χ0v) is 12.4. The van der Waals surface area contributed by atoms with Crippen LogP contribution < -0.4 is 0 Å². The summed E-state index contributed by atoms with van der Waals surface area (Å²) in [4.78, 5) is 2.58. The van der Waals surface area contributed by atoms with Gasteiger partial charge in [-0.05, 0) is 37.8 Å². The Kier molecular flexibility index (Phi) is 3.39. The van der Waals surface area contributed by atoms with E-state index in [0.29, 0.717) is 0 Å². The third-order valence-electron chi connectivity index (χ3n) is 5.00. The Balaban J connectivity index is 1.81. The van der Waals surface area contributed by atoms with Crippen molar-refractivity contribution in [2.45, 2.75) is 37.8 Å². The highest BCUT2D eigenvalue weighted by atomic mass is 16.5. The molecule has 0 amide bonds. The first kappa shape index (κ1) is 13.2. The predicted molar refractivity (Wildman–Crippen MR) is 81.0 cm³/mol. The van der Waals surface area contributed by atoms with E-state index in [4.69, 9.17) is 4.74 Å². The van der Waals surface area contributed by atoms with Crippen LogP contribution >= 0.6 is 0 Å². The van der Waals surface area contributed by atoms with Gasteiger partial charge >= 0.3 is 0 Å². The molecular formula is C16H22N4O. The molecule has 2 aromatic rings. The smallest absolute Gasteiger partial charge is 0.117 e. The van der Waals surface area contributed by atoms with Gasteiger partial charge in [0.1, 0.15) is 11.2 Å². The molecule has 1 aliphatic carbocycles. The molecule has 2 fully saturated rings. The molecule has 112 valence electrons. The highest BCUT2D eigenvalue weighted by molar-refractivity contribution is 5.74. The lowest BCUT2D eigenvalue weighted by Crippen LogP contribution is -2.56. The van der Waals surface area contributed by atoms with Gasteiger partial charge in [0.25, 0.3) is 0 Å². The molecule has 0 N–H and O–H groups in total. The van der Waals surface area contributed by atoms with Gasteiger partial charge in [-0.25, -0.2) is 4.68 Å². The van der Waals surface area contributed by atoms with Crippen LogP contribution in [0, 0.1) is 0 Å². The van der Waals surface area contributed by atoms with E-state index in [0.717, 1.165) is 37.3 Å². The van der Waals surface area contributed by atoms with Crippen molar-refractivity contribution in [2.75, 3.05) is 26.3 Å². The number of rotatable bonds is 2. The molecular weight excluding hydrogens is 264 g/mol. The summed E-state index contributed by atoms with van der Waals surface area (Å²) in [5.74, 6) is 0. The van der Waals surface area contributed by atoms with Crippen LogP contribution in [-0.2, 0) is 10.4 Å². The molecule has 0 spiro atoms. The quantitative estimate of drug-likeness (QED) is 0.850. The summed E-state index contributed by atoms with van der Waals surface area (Å²) < 4.78 is 7.75. The summed E-state index contributed by atoms with van der Waals surface area (Å²) in [6, 6.07) is 8.31. The van der Waals surface area contributed by atoms with Crippen molar-refractivity contribution in [2.24, 2.45) is 0 Å². The fourth-order valence-electron chi connectivity index (χ4n) is 3.94. The first-order valence-electron chi connectivity index (χ1n) is 8.04. The number of morpholine rings is 1. The maximum Gasteiger partial charge on any atom is 0.117 e. The Morgan fingerprint density at radius 3 is 2.57 bits per heavy atom. The van der Waals surface area contributed by atoms with Gasteiger partial charge in [-0.15, -0.1) is 5.10 Å². The largest absolute Gasteiger partial charge is 0.379 e. The molecule has 5 heteroatoms. The summed E-state index contributed by atoms with van der Waals surface area (Å²) in [6.45, 7) is 3.64. The van der Waals surface area contributed by atoms with Gasteiger partial charge in [0.15, 0.2) is 0 Å². The van der Waals surface area contributed by atoms with E-state index in [1.54, 1.807) is 0 Å². The van der Waals surface area contributed by atoms with E-state index in [-0.39, 0.29) is 5.66 Å². The van der Waals surface area contributed by atoms with Crippen LogP contribution in [0.25, 0.3) is 11.0 Å². The normalized spacial score (nSPS) is 23.4. The van der Waals surface area contributed by atoms with E-state index in [2.05, 4.69) is 38.1 Å². The lowest BCUT2D eigenvalue weighted by molar-refractivity contribution is -0.0818. The highest BCUT2D eigenvalue weighted by Crippen LogP contribution is 2.39. The average Bonchev–Trinajstić information content (AvgIpc) is 3.01. The molecule has 4 rings (SSSR count). The molecule has 1 aromatic heterocycles. The number of hydrogen-bond acceptors (Lipinski definition) is 4. The second-order valence-electron chi connectivity index (χ2n) is 6.13. The number of fused-ring (bicyclic) bond motifs is 1. The van der Waals surface area contributed by atoms with Crippen LogP contribution in [0.15, 0.2) is 24.3 Å². The second-order valence-corrected chi connectivity index (χ2v) is 6.13. The molecule has 2 aliphatic rings. The molecule has 0 atom stereocenters. The van der Waals surface area contributed by atoms with Crippen LogP contribution in [0.1, 0.15) is 32.1 Å². The number of para-hydroxylation sites is 1. The van der Waals surface area contributed by atoms with Crippen LogP contribution in [0.2, 0.25) is 0 Å². The number of hydrogen-bond donors (Lipinski definition) is 0. The number of benzene rings is 1. The minimum atomic E-state index is -0.00185. The third kappa shape index (κ3) is 2.15. The van der Waals surface area contributed by atoms with Gasteiger partial charge in [0.2, 0.25) is 0 Å². The second kappa shape index (κ2) is 5.39. The van der Waals surface area contributed by atoms with E-state index in [1.807, 2.05) is 6.07 Å². The Morgan fingerprint density at radius 1 is 1.00 bits per heavy atom. The topological polar surface area (TPSA) is 43.2 Å². The first-order valence-corrected chi connectivity index (χ1v) is 8.04. The standard InChI is InChI=1S/C16H22N4O/c1-4-8-16(9-5-1,19-10-12-21-13-11-19)20-15-7-3-2-6-14(15)17-18-20/h2-3,6-7H,1,4-5,8-13H2. The van der Waals surface area contributed by atoms with Gasteiger partial charge in [-0.2, -0.15) is 0 Å². The molecule has 21 heavy (non-hydrogen) atoms. The van der Waals surface area contributed by atoms with Crippen molar-refractivity contribution in [3.63, 3.8) is 0 Å². The van der Waals surface area contributed by atoms with Crippen LogP contribution in [0.5, 0.6) is 0 Å². The van der Waals surface area contributed by atoms with Gasteiger partial charge in [-0.3, -0.25) is 4.90 Å². The van der Waals surface area contributed by atoms with Crippen molar-refractivity contribution >= 4 is 11.0 Å². The summed E-state index contributed by atoms with van der Waals surface area (Å²) in [6.07, 6.45) is 6.20. The van der Waals surface area contributed by atoms with E-state index >= 15 is 0 Å². The molecule has 1 aliphatic heterocycles. The van der Waals surface area contributed by atoms with Gasteiger partial charge in [-0.1, -0.05) is 23.8 Å². The van der Waals surface area contributed by atoms with Crippen LogP contribution in [0.4, 0.5) is 0 Å². The van der Waals surface area contributed by atoms with Crippen molar-refractivity contribution in [1.29, 1.82) is 0 Å². The van der Waals surface area contributed by atoms with Crippen molar-refractivity contribution < 1.29 is 4.74 Å². The summed E-state index contributed by atoms with van der Waals surface area (Å²) in [5, 5.41) is 8.94. The Labute approximate surface area is 124 Å². The van der Waals surface area contributed by atoms with E-state index in [9.17, 15) is 0 Å². The van der Waals surface area contributed by atoms with E-state index in [1.165, 1.54) is 32.1 Å². The highest BCUT2D eigenvalue weighted by Gasteiger charge is 2.42. The van der Waals surface area contributed by atoms with E-state index < -0.39 is 0 Å².